The summed E-state index contributed by atoms with van der Waals surface area (Å²) in [6, 6.07) is 3.92. The summed E-state index contributed by atoms with van der Waals surface area (Å²) in [7, 11) is 1.65. The highest BCUT2D eigenvalue weighted by atomic mass is 16.5. The Morgan fingerprint density at radius 2 is 1.94 bits per heavy atom. The van der Waals surface area contributed by atoms with Crippen molar-refractivity contribution in [3.63, 3.8) is 0 Å². The van der Waals surface area contributed by atoms with Crippen LogP contribution in [0.25, 0.3) is 10.9 Å². The molecule has 16 heavy (non-hydrogen) atoms. The van der Waals surface area contributed by atoms with Gasteiger partial charge in [-0.15, -0.1) is 0 Å². The number of aryl methyl sites for hydroxylation is 2. The van der Waals surface area contributed by atoms with Crippen molar-refractivity contribution in [2.45, 2.75) is 20.8 Å². The van der Waals surface area contributed by atoms with E-state index in [2.05, 4.69) is 4.98 Å². The lowest BCUT2D eigenvalue weighted by atomic mass is 10.1. The van der Waals surface area contributed by atoms with Crippen molar-refractivity contribution in [3.05, 3.63) is 29.0 Å². The molecule has 84 valence electrons. The van der Waals surface area contributed by atoms with Crippen LogP contribution in [0, 0.1) is 13.8 Å². The molecule has 0 amide bonds. The number of nitrogens with one attached hydrogen (secondary N) is 1. The summed E-state index contributed by atoms with van der Waals surface area (Å²) >= 11 is 0. The minimum absolute atomic E-state index is 0.0621. The van der Waals surface area contributed by atoms with E-state index in [0.717, 1.165) is 27.8 Å². The zero-order valence-electron chi connectivity index (χ0n) is 9.97. The maximum atomic E-state index is 11.4. The fraction of sp³-hybridized carbons (Fsp3) is 0.308. The fourth-order valence-electron chi connectivity index (χ4n) is 2.09. The molecule has 0 saturated heterocycles. The van der Waals surface area contributed by atoms with E-state index in [9.17, 15) is 4.79 Å². The Bertz CT molecular complexity index is 567. The summed E-state index contributed by atoms with van der Waals surface area (Å²) < 4.78 is 5.26. The molecule has 1 N–H and O–H groups in total. The first-order valence-corrected chi connectivity index (χ1v) is 5.23. The van der Waals surface area contributed by atoms with Gasteiger partial charge in [-0.3, -0.25) is 4.79 Å². The average molecular weight is 217 g/mol. The topological polar surface area (TPSA) is 42.1 Å². The zero-order chi connectivity index (χ0) is 11.9. The molecule has 1 aromatic heterocycles. The highest BCUT2D eigenvalue weighted by Gasteiger charge is 2.14. The van der Waals surface area contributed by atoms with Gasteiger partial charge in [0.05, 0.1) is 18.3 Å². The van der Waals surface area contributed by atoms with Gasteiger partial charge >= 0.3 is 0 Å². The molecule has 0 bridgehead atoms. The van der Waals surface area contributed by atoms with Crippen molar-refractivity contribution >= 4 is 16.7 Å². The first-order valence-electron chi connectivity index (χ1n) is 5.23. The van der Waals surface area contributed by atoms with Gasteiger partial charge in [-0.2, -0.15) is 0 Å². The number of ketones is 1. The SMILES string of the molecule is COc1ccc2c(C)c(C(C)=O)[nH]c2c1C. The van der Waals surface area contributed by atoms with Gasteiger partial charge in [0.2, 0.25) is 0 Å². The van der Waals surface area contributed by atoms with E-state index in [-0.39, 0.29) is 5.78 Å². The van der Waals surface area contributed by atoms with Gasteiger partial charge in [0.15, 0.2) is 5.78 Å². The minimum atomic E-state index is 0.0621. The predicted molar refractivity (Wildman–Crippen MR) is 64.3 cm³/mol. The van der Waals surface area contributed by atoms with E-state index in [4.69, 9.17) is 4.74 Å². The van der Waals surface area contributed by atoms with Crippen LogP contribution in [0.15, 0.2) is 12.1 Å². The molecular weight excluding hydrogens is 202 g/mol. The third-order valence-electron chi connectivity index (χ3n) is 3.02. The molecule has 0 aliphatic rings. The lowest BCUT2D eigenvalue weighted by Crippen LogP contribution is -1.94. The Morgan fingerprint density at radius 3 is 2.50 bits per heavy atom. The van der Waals surface area contributed by atoms with E-state index in [0.29, 0.717) is 5.69 Å². The van der Waals surface area contributed by atoms with Gasteiger partial charge in [-0.25, -0.2) is 0 Å². The number of H-pyrrole nitrogens is 1. The maximum Gasteiger partial charge on any atom is 0.176 e. The van der Waals surface area contributed by atoms with Crippen LogP contribution in [0.1, 0.15) is 28.5 Å². The van der Waals surface area contributed by atoms with E-state index < -0.39 is 0 Å². The summed E-state index contributed by atoms with van der Waals surface area (Å²) in [5, 5.41) is 1.09. The molecule has 3 nitrogen and oxygen atoms in total. The Morgan fingerprint density at radius 1 is 1.25 bits per heavy atom. The highest BCUT2D eigenvalue weighted by molar-refractivity contribution is 6.01. The quantitative estimate of drug-likeness (QED) is 0.786. The number of hydrogen-bond donors (Lipinski definition) is 1. The Labute approximate surface area is 94.4 Å². The third kappa shape index (κ3) is 1.40. The highest BCUT2D eigenvalue weighted by Crippen LogP contribution is 2.30. The van der Waals surface area contributed by atoms with Crippen LogP contribution >= 0.6 is 0 Å². The summed E-state index contributed by atoms with van der Waals surface area (Å²) in [4.78, 5) is 14.6. The largest absolute Gasteiger partial charge is 0.496 e. The monoisotopic (exact) mass is 217 g/mol. The Kier molecular flexibility index (Phi) is 2.46. The summed E-state index contributed by atoms with van der Waals surface area (Å²) in [6.45, 7) is 5.52. The van der Waals surface area contributed by atoms with Crippen LogP contribution in [0.2, 0.25) is 0 Å². The number of rotatable bonds is 2. The number of aromatic amines is 1. The van der Waals surface area contributed by atoms with E-state index in [1.54, 1.807) is 14.0 Å². The number of aromatic nitrogens is 1. The number of Topliss-reactive ketones (excluding diaryl/α,β-unsaturated/α-hetero) is 1. The molecule has 0 fully saturated rings. The van der Waals surface area contributed by atoms with Crippen molar-refractivity contribution < 1.29 is 9.53 Å². The van der Waals surface area contributed by atoms with Crippen molar-refractivity contribution in [2.24, 2.45) is 0 Å². The van der Waals surface area contributed by atoms with Crippen molar-refractivity contribution in [1.29, 1.82) is 0 Å². The predicted octanol–water partition coefficient (Wildman–Crippen LogP) is 3.00. The normalized spacial score (nSPS) is 10.8. The summed E-state index contributed by atoms with van der Waals surface area (Å²) in [5.74, 6) is 0.899. The second-order valence-electron chi connectivity index (χ2n) is 4.00. The smallest absolute Gasteiger partial charge is 0.176 e. The number of hydrogen-bond acceptors (Lipinski definition) is 2. The molecule has 1 aromatic carbocycles. The number of benzene rings is 1. The van der Waals surface area contributed by atoms with Gasteiger partial charge in [0.25, 0.3) is 0 Å². The molecule has 2 aromatic rings. The molecule has 0 aliphatic carbocycles. The molecule has 0 atom stereocenters. The van der Waals surface area contributed by atoms with Crippen molar-refractivity contribution in [1.82, 2.24) is 4.98 Å². The van der Waals surface area contributed by atoms with Crippen LogP contribution in [-0.2, 0) is 0 Å². The van der Waals surface area contributed by atoms with Crippen LogP contribution in [0.4, 0.5) is 0 Å². The molecule has 0 spiro atoms. The van der Waals surface area contributed by atoms with Crippen LogP contribution in [0.3, 0.4) is 0 Å². The number of fused-ring (bicyclic) bond motifs is 1. The molecule has 1 heterocycles. The summed E-state index contributed by atoms with van der Waals surface area (Å²) in [5.41, 5.74) is 3.72. The standard InChI is InChI=1S/C13H15NO2/c1-7-10-5-6-11(16-4)8(2)13(10)14-12(7)9(3)15/h5-6,14H,1-4H3. The number of methoxy groups -OCH3 is 1. The maximum absolute atomic E-state index is 11.4. The molecular formula is C13H15NO2. The van der Waals surface area contributed by atoms with Gasteiger partial charge in [0, 0.05) is 17.9 Å². The number of carbonyl (C=O) groups is 1. The van der Waals surface area contributed by atoms with Crippen LogP contribution in [0.5, 0.6) is 5.75 Å². The third-order valence-corrected chi connectivity index (χ3v) is 3.02. The van der Waals surface area contributed by atoms with E-state index in [1.165, 1.54) is 0 Å². The number of ether oxygens (including phenoxy) is 1. The lowest BCUT2D eigenvalue weighted by molar-refractivity contribution is 0.101. The van der Waals surface area contributed by atoms with E-state index in [1.807, 2.05) is 26.0 Å². The molecule has 0 aliphatic heterocycles. The van der Waals surface area contributed by atoms with Crippen LogP contribution < -0.4 is 4.74 Å². The van der Waals surface area contributed by atoms with Gasteiger partial charge in [0.1, 0.15) is 5.75 Å². The minimum Gasteiger partial charge on any atom is -0.496 e. The molecule has 3 heteroatoms. The Hall–Kier alpha value is -1.77. The molecule has 0 unspecified atom stereocenters. The number of carbonyl (C=O) groups excluding carboxylic acids is 1. The second kappa shape index (κ2) is 3.67. The van der Waals surface area contributed by atoms with Gasteiger partial charge < -0.3 is 9.72 Å². The van der Waals surface area contributed by atoms with E-state index >= 15 is 0 Å². The molecule has 2 rings (SSSR count). The van der Waals surface area contributed by atoms with Gasteiger partial charge in [-0.05, 0) is 31.5 Å². The van der Waals surface area contributed by atoms with Crippen molar-refractivity contribution in [3.8, 4) is 5.75 Å². The summed E-state index contributed by atoms with van der Waals surface area (Å²) in [6.07, 6.45) is 0. The van der Waals surface area contributed by atoms with Crippen LogP contribution in [-0.4, -0.2) is 17.9 Å². The lowest BCUT2D eigenvalue weighted by Gasteiger charge is -2.04. The fourth-order valence-corrected chi connectivity index (χ4v) is 2.09. The first kappa shape index (κ1) is 10.7. The Balaban J connectivity index is 2.81. The molecule has 0 radical (unpaired) electrons. The first-order chi connectivity index (χ1) is 7.56. The molecule has 0 saturated carbocycles. The van der Waals surface area contributed by atoms with Crippen molar-refractivity contribution in [2.75, 3.05) is 7.11 Å². The second-order valence-corrected chi connectivity index (χ2v) is 4.00. The average Bonchev–Trinajstić information content (AvgIpc) is 2.58. The zero-order valence-corrected chi connectivity index (χ0v) is 9.97. The van der Waals surface area contributed by atoms with Gasteiger partial charge in [-0.1, -0.05) is 0 Å².